The third kappa shape index (κ3) is 2.81. The van der Waals surface area contributed by atoms with Crippen molar-refractivity contribution in [2.75, 3.05) is 7.11 Å². The van der Waals surface area contributed by atoms with Crippen LogP contribution in [-0.2, 0) is 4.74 Å². The molecular weight excluding hydrogens is 368 g/mol. The van der Waals surface area contributed by atoms with Gasteiger partial charge in [0.15, 0.2) is 0 Å². The van der Waals surface area contributed by atoms with Gasteiger partial charge in [0.25, 0.3) is 0 Å². The van der Waals surface area contributed by atoms with Crippen LogP contribution in [0.2, 0.25) is 5.02 Å². The summed E-state index contributed by atoms with van der Waals surface area (Å²) in [6, 6.07) is 17.7. The van der Waals surface area contributed by atoms with Crippen molar-refractivity contribution >= 4 is 39.0 Å². The largest absolute Gasteiger partial charge is 0.465 e. The Kier molecular flexibility index (Phi) is 4.31. The molecule has 0 bridgehead atoms. The minimum Gasteiger partial charge on any atom is -0.465 e. The van der Waals surface area contributed by atoms with Crippen LogP contribution in [0.5, 0.6) is 0 Å². The maximum atomic E-state index is 11.9. The number of benzene rings is 2. The first-order valence-electron chi connectivity index (χ1n) is 8.05. The molecule has 5 heteroatoms. The quantitative estimate of drug-likeness (QED) is 0.376. The molecule has 2 heterocycles. The molecule has 0 aliphatic rings. The van der Waals surface area contributed by atoms with Gasteiger partial charge in [-0.1, -0.05) is 41.9 Å². The molecule has 4 aromatic rings. The molecule has 3 nitrogen and oxygen atoms in total. The lowest BCUT2D eigenvalue weighted by Gasteiger charge is -2.04. The second-order valence-corrected chi connectivity index (χ2v) is 7.37. The van der Waals surface area contributed by atoms with Gasteiger partial charge in [0.2, 0.25) is 0 Å². The molecule has 2 aromatic carbocycles. The Morgan fingerprint density at radius 2 is 1.85 bits per heavy atom. The summed E-state index contributed by atoms with van der Waals surface area (Å²) in [5.74, 6) is 0.812. The molecule has 4 rings (SSSR count). The first kappa shape index (κ1) is 16.9. The number of furan rings is 1. The summed E-state index contributed by atoms with van der Waals surface area (Å²) in [6.45, 7) is 1.77. The Morgan fingerprint density at radius 1 is 1.12 bits per heavy atom. The number of ether oxygens (including phenoxy) is 1. The van der Waals surface area contributed by atoms with Gasteiger partial charge in [-0.25, -0.2) is 4.79 Å². The minimum atomic E-state index is -0.397. The van der Waals surface area contributed by atoms with Crippen LogP contribution in [-0.4, -0.2) is 13.1 Å². The second kappa shape index (κ2) is 6.63. The molecule has 2 aromatic heterocycles. The Balaban J connectivity index is 1.97. The number of carbonyl (C=O) groups excluding carboxylic acids is 1. The standard InChI is InChI=1S/C21H15ClO3S/c1-12-16(21(23)24-2)11-17(25-12)20-19(13-7-9-14(22)10-8-13)15-5-3-4-6-18(15)26-20/h3-11H,1-2H3. The fourth-order valence-electron chi connectivity index (χ4n) is 3.03. The summed E-state index contributed by atoms with van der Waals surface area (Å²) in [7, 11) is 1.37. The Labute approximate surface area is 159 Å². The average Bonchev–Trinajstić information content (AvgIpc) is 3.22. The summed E-state index contributed by atoms with van der Waals surface area (Å²) < 4.78 is 11.9. The highest BCUT2D eigenvalue weighted by molar-refractivity contribution is 7.23. The molecule has 0 radical (unpaired) electrons. The maximum Gasteiger partial charge on any atom is 0.341 e. The highest BCUT2D eigenvalue weighted by Crippen LogP contribution is 2.45. The van der Waals surface area contributed by atoms with E-state index in [1.165, 1.54) is 7.11 Å². The zero-order valence-corrected chi connectivity index (χ0v) is 15.8. The molecule has 130 valence electrons. The number of halogens is 1. The van der Waals surface area contributed by atoms with Crippen LogP contribution in [0.4, 0.5) is 0 Å². The fourth-order valence-corrected chi connectivity index (χ4v) is 4.33. The van der Waals surface area contributed by atoms with Crippen molar-refractivity contribution in [1.82, 2.24) is 0 Å². The van der Waals surface area contributed by atoms with Gasteiger partial charge >= 0.3 is 5.97 Å². The van der Waals surface area contributed by atoms with Crippen molar-refractivity contribution < 1.29 is 13.9 Å². The predicted molar refractivity (Wildman–Crippen MR) is 106 cm³/mol. The number of fused-ring (bicyclic) bond motifs is 1. The lowest BCUT2D eigenvalue weighted by Crippen LogP contribution is -2.00. The van der Waals surface area contributed by atoms with Crippen LogP contribution in [0, 0.1) is 6.92 Å². The third-order valence-electron chi connectivity index (χ3n) is 4.28. The average molecular weight is 383 g/mol. The summed E-state index contributed by atoms with van der Waals surface area (Å²) in [5.41, 5.74) is 2.57. The number of hydrogen-bond acceptors (Lipinski definition) is 4. The molecule has 0 amide bonds. The van der Waals surface area contributed by atoms with E-state index in [4.69, 9.17) is 20.8 Å². The van der Waals surface area contributed by atoms with E-state index in [1.807, 2.05) is 36.4 Å². The van der Waals surface area contributed by atoms with Crippen LogP contribution in [0.3, 0.4) is 0 Å². The molecule has 0 saturated carbocycles. The van der Waals surface area contributed by atoms with Gasteiger partial charge in [-0.15, -0.1) is 11.3 Å². The number of rotatable bonds is 3. The number of hydrogen-bond donors (Lipinski definition) is 0. The van der Waals surface area contributed by atoms with Gasteiger partial charge < -0.3 is 9.15 Å². The predicted octanol–water partition coefficient (Wildman–Crippen LogP) is 6.58. The smallest absolute Gasteiger partial charge is 0.341 e. The van der Waals surface area contributed by atoms with E-state index >= 15 is 0 Å². The van der Waals surface area contributed by atoms with Crippen LogP contribution < -0.4 is 0 Å². The Hall–Kier alpha value is -2.56. The topological polar surface area (TPSA) is 39.4 Å². The molecular formula is C21H15ClO3S. The summed E-state index contributed by atoms with van der Waals surface area (Å²) in [4.78, 5) is 12.9. The van der Waals surface area contributed by atoms with E-state index in [2.05, 4.69) is 12.1 Å². The molecule has 0 aliphatic heterocycles. The van der Waals surface area contributed by atoms with E-state index in [0.29, 0.717) is 22.1 Å². The molecule has 0 aliphatic carbocycles. The first-order chi connectivity index (χ1) is 12.6. The van der Waals surface area contributed by atoms with Crippen molar-refractivity contribution in [2.45, 2.75) is 6.92 Å². The van der Waals surface area contributed by atoms with Crippen LogP contribution in [0.15, 0.2) is 59.0 Å². The van der Waals surface area contributed by atoms with Gasteiger partial charge in [-0.2, -0.15) is 0 Å². The second-order valence-electron chi connectivity index (χ2n) is 5.88. The highest BCUT2D eigenvalue weighted by atomic mass is 35.5. The molecule has 0 fully saturated rings. The van der Waals surface area contributed by atoms with E-state index in [-0.39, 0.29) is 0 Å². The maximum absolute atomic E-state index is 11.9. The van der Waals surface area contributed by atoms with Gasteiger partial charge in [0, 0.05) is 26.7 Å². The van der Waals surface area contributed by atoms with Crippen LogP contribution in [0.1, 0.15) is 16.1 Å². The molecule has 0 saturated heterocycles. The SMILES string of the molecule is COC(=O)c1cc(-c2sc3ccccc3c2-c2ccc(Cl)cc2)oc1C. The number of esters is 1. The lowest BCUT2D eigenvalue weighted by molar-refractivity contribution is 0.0599. The molecule has 0 spiro atoms. The van der Waals surface area contributed by atoms with Crippen molar-refractivity contribution in [3.05, 3.63) is 70.9 Å². The summed E-state index contributed by atoms with van der Waals surface area (Å²) in [6.07, 6.45) is 0. The van der Waals surface area contributed by atoms with E-state index in [0.717, 1.165) is 26.1 Å². The zero-order valence-electron chi connectivity index (χ0n) is 14.2. The fraction of sp³-hybridized carbons (Fsp3) is 0.0952. The van der Waals surface area contributed by atoms with Crippen molar-refractivity contribution in [3.8, 4) is 21.8 Å². The first-order valence-corrected chi connectivity index (χ1v) is 9.24. The molecule has 0 N–H and O–H groups in total. The van der Waals surface area contributed by atoms with Crippen molar-refractivity contribution in [3.63, 3.8) is 0 Å². The van der Waals surface area contributed by atoms with Gasteiger partial charge in [-0.3, -0.25) is 0 Å². The lowest BCUT2D eigenvalue weighted by atomic mass is 10.0. The van der Waals surface area contributed by atoms with E-state index in [9.17, 15) is 4.79 Å². The third-order valence-corrected chi connectivity index (χ3v) is 5.71. The van der Waals surface area contributed by atoms with Crippen LogP contribution >= 0.6 is 22.9 Å². The Bertz CT molecular complexity index is 1110. The highest BCUT2D eigenvalue weighted by Gasteiger charge is 2.22. The molecule has 26 heavy (non-hydrogen) atoms. The van der Waals surface area contributed by atoms with Gasteiger partial charge in [0.05, 0.1) is 12.0 Å². The van der Waals surface area contributed by atoms with Crippen molar-refractivity contribution in [2.24, 2.45) is 0 Å². The Morgan fingerprint density at radius 3 is 2.58 bits per heavy atom. The summed E-state index contributed by atoms with van der Waals surface area (Å²) in [5, 5.41) is 1.83. The minimum absolute atomic E-state index is 0.397. The number of thiophene rings is 1. The van der Waals surface area contributed by atoms with Gasteiger partial charge in [0.1, 0.15) is 17.1 Å². The summed E-state index contributed by atoms with van der Waals surface area (Å²) >= 11 is 7.69. The zero-order chi connectivity index (χ0) is 18.3. The molecule has 0 atom stereocenters. The normalized spacial score (nSPS) is 11.0. The number of carbonyl (C=O) groups is 1. The van der Waals surface area contributed by atoms with Crippen LogP contribution in [0.25, 0.3) is 31.9 Å². The number of methoxy groups -OCH3 is 1. The van der Waals surface area contributed by atoms with E-state index < -0.39 is 5.97 Å². The van der Waals surface area contributed by atoms with Gasteiger partial charge in [-0.05, 0) is 30.7 Å². The number of aryl methyl sites for hydroxylation is 1. The van der Waals surface area contributed by atoms with E-state index in [1.54, 1.807) is 24.3 Å². The molecule has 0 unspecified atom stereocenters. The van der Waals surface area contributed by atoms with Crippen molar-refractivity contribution in [1.29, 1.82) is 0 Å². The monoisotopic (exact) mass is 382 g/mol.